The van der Waals surface area contributed by atoms with Gasteiger partial charge in [0.25, 0.3) is 5.91 Å². The van der Waals surface area contributed by atoms with E-state index in [4.69, 9.17) is 0 Å². The fourth-order valence-electron chi connectivity index (χ4n) is 2.65. The summed E-state index contributed by atoms with van der Waals surface area (Å²) in [5.41, 5.74) is 1.94. The van der Waals surface area contributed by atoms with Gasteiger partial charge >= 0.3 is 0 Å². The van der Waals surface area contributed by atoms with Gasteiger partial charge in [0, 0.05) is 25.4 Å². The molecule has 1 aliphatic heterocycles. The monoisotopic (exact) mass is 300 g/mol. The van der Waals surface area contributed by atoms with Crippen molar-refractivity contribution >= 4 is 11.6 Å². The average molecular weight is 300 g/mol. The van der Waals surface area contributed by atoms with Crippen molar-refractivity contribution in [3.8, 4) is 0 Å². The van der Waals surface area contributed by atoms with Gasteiger partial charge in [0.1, 0.15) is 5.69 Å². The van der Waals surface area contributed by atoms with E-state index in [1.54, 1.807) is 36.5 Å². The first-order chi connectivity index (χ1) is 10.6. The standard InChI is InChI=1S/C15H20N6O/c1-20-5-3-11(4-6-20)13-8-17-14(9-16-13)15(22)19-12-7-18-21(2)10-12/h7-11H,3-6H2,1-2H3,(H,19,22). The molecule has 1 saturated heterocycles. The summed E-state index contributed by atoms with van der Waals surface area (Å²) in [5, 5.41) is 6.76. The third-order valence-electron chi connectivity index (χ3n) is 4.00. The minimum Gasteiger partial charge on any atom is -0.318 e. The molecule has 2 aromatic rings. The van der Waals surface area contributed by atoms with E-state index in [0.717, 1.165) is 31.6 Å². The number of carbonyl (C=O) groups is 1. The van der Waals surface area contributed by atoms with E-state index in [2.05, 4.69) is 32.3 Å². The van der Waals surface area contributed by atoms with E-state index in [1.165, 1.54) is 0 Å². The van der Waals surface area contributed by atoms with Gasteiger partial charge in [-0.3, -0.25) is 14.5 Å². The number of aryl methyl sites for hydroxylation is 1. The molecule has 1 amide bonds. The predicted molar refractivity (Wildman–Crippen MR) is 82.7 cm³/mol. The maximum atomic E-state index is 12.1. The lowest BCUT2D eigenvalue weighted by Gasteiger charge is -2.28. The molecule has 3 heterocycles. The highest BCUT2D eigenvalue weighted by Crippen LogP contribution is 2.25. The van der Waals surface area contributed by atoms with Gasteiger partial charge in [0.15, 0.2) is 0 Å². The van der Waals surface area contributed by atoms with Crippen LogP contribution < -0.4 is 5.32 Å². The summed E-state index contributed by atoms with van der Waals surface area (Å²) in [6, 6.07) is 0. The number of likely N-dealkylation sites (tertiary alicyclic amines) is 1. The van der Waals surface area contributed by atoms with Gasteiger partial charge in [0.05, 0.1) is 23.8 Å². The third-order valence-corrected chi connectivity index (χ3v) is 4.00. The van der Waals surface area contributed by atoms with Crippen molar-refractivity contribution in [2.24, 2.45) is 7.05 Å². The summed E-state index contributed by atoms with van der Waals surface area (Å²) in [5.74, 6) is 0.176. The molecule has 0 saturated carbocycles. The van der Waals surface area contributed by atoms with Gasteiger partial charge in [0.2, 0.25) is 0 Å². The molecule has 0 aliphatic carbocycles. The zero-order valence-electron chi connectivity index (χ0n) is 12.9. The number of rotatable bonds is 3. The van der Waals surface area contributed by atoms with Gasteiger partial charge in [-0.25, -0.2) is 4.98 Å². The van der Waals surface area contributed by atoms with Crippen molar-refractivity contribution in [3.05, 3.63) is 36.2 Å². The molecule has 1 N–H and O–H groups in total. The molecular weight excluding hydrogens is 280 g/mol. The number of nitrogens with zero attached hydrogens (tertiary/aromatic N) is 5. The number of nitrogens with one attached hydrogen (secondary N) is 1. The van der Waals surface area contributed by atoms with Crippen molar-refractivity contribution in [3.63, 3.8) is 0 Å². The van der Waals surface area contributed by atoms with E-state index in [0.29, 0.717) is 17.3 Å². The molecule has 116 valence electrons. The average Bonchev–Trinajstić information content (AvgIpc) is 2.93. The summed E-state index contributed by atoms with van der Waals surface area (Å²) in [6.07, 6.45) is 8.79. The Kier molecular flexibility index (Phi) is 4.15. The third kappa shape index (κ3) is 3.30. The first-order valence-corrected chi connectivity index (χ1v) is 7.42. The molecule has 1 aliphatic rings. The molecule has 22 heavy (non-hydrogen) atoms. The zero-order chi connectivity index (χ0) is 15.5. The summed E-state index contributed by atoms with van der Waals surface area (Å²) in [6.45, 7) is 2.16. The number of anilines is 1. The van der Waals surface area contributed by atoms with Crippen LogP contribution in [0.5, 0.6) is 0 Å². The lowest BCUT2D eigenvalue weighted by molar-refractivity contribution is 0.102. The quantitative estimate of drug-likeness (QED) is 0.924. The minimum atomic E-state index is -0.268. The Hall–Kier alpha value is -2.28. The molecule has 1 fully saturated rings. The smallest absolute Gasteiger partial charge is 0.275 e. The molecule has 7 heteroatoms. The van der Waals surface area contributed by atoms with Crippen LogP contribution in [0.3, 0.4) is 0 Å². The highest BCUT2D eigenvalue weighted by Gasteiger charge is 2.20. The van der Waals surface area contributed by atoms with Gasteiger partial charge in [-0.1, -0.05) is 0 Å². The first kappa shape index (κ1) is 14.6. The van der Waals surface area contributed by atoms with E-state index in [-0.39, 0.29) is 5.91 Å². The maximum absolute atomic E-state index is 12.1. The van der Waals surface area contributed by atoms with Crippen LogP contribution in [0, 0.1) is 0 Å². The van der Waals surface area contributed by atoms with Gasteiger partial charge in [-0.05, 0) is 33.0 Å². The van der Waals surface area contributed by atoms with E-state index >= 15 is 0 Å². The van der Waals surface area contributed by atoms with Crippen LogP contribution in [0.4, 0.5) is 5.69 Å². The summed E-state index contributed by atoms with van der Waals surface area (Å²) in [4.78, 5) is 23.1. The second-order valence-corrected chi connectivity index (χ2v) is 5.76. The minimum absolute atomic E-state index is 0.268. The molecule has 7 nitrogen and oxygen atoms in total. The number of piperidine rings is 1. The van der Waals surface area contributed by atoms with Crippen molar-refractivity contribution in [1.29, 1.82) is 0 Å². The second-order valence-electron chi connectivity index (χ2n) is 5.76. The van der Waals surface area contributed by atoms with Crippen LogP contribution in [0.25, 0.3) is 0 Å². The SMILES string of the molecule is CN1CCC(c2cnc(C(=O)Nc3cnn(C)c3)cn2)CC1. The second kappa shape index (κ2) is 6.23. The van der Waals surface area contributed by atoms with E-state index in [9.17, 15) is 4.79 Å². The van der Waals surface area contributed by atoms with Crippen LogP contribution in [0.1, 0.15) is 34.9 Å². The zero-order valence-corrected chi connectivity index (χ0v) is 12.9. The van der Waals surface area contributed by atoms with Crippen molar-refractivity contribution in [1.82, 2.24) is 24.6 Å². The molecule has 0 unspecified atom stereocenters. The van der Waals surface area contributed by atoms with Crippen molar-refractivity contribution in [2.75, 3.05) is 25.5 Å². The van der Waals surface area contributed by atoms with Crippen LogP contribution in [-0.2, 0) is 7.05 Å². The molecule has 2 aromatic heterocycles. The highest BCUT2D eigenvalue weighted by atomic mass is 16.1. The Labute approximate surface area is 129 Å². The van der Waals surface area contributed by atoms with E-state index < -0.39 is 0 Å². The largest absolute Gasteiger partial charge is 0.318 e. The lowest BCUT2D eigenvalue weighted by Crippen LogP contribution is -2.29. The van der Waals surface area contributed by atoms with Crippen LogP contribution in [0.15, 0.2) is 24.8 Å². The lowest BCUT2D eigenvalue weighted by atomic mass is 9.94. The normalized spacial score (nSPS) is 16.6. The Morgan fingerprint density at radius 3 is 2.55 bits per heavy atom. The predicted octanol–water partition coefficient (Wildman–Crippen LogP) is 1.27. The topological polar surface area (TPSA) is 75.9 Å². The molecule has 0 spiro atoms. The molecular formula is C15H20N6O. The van der Waals surface area contributed by atoms with E-state index in [1.807, 2.05) is 0 Å². The summed E-state index contributed by atoms with van der Waals surface area (Å²) >= 11 is 0. The number of aromatic nitrogens is 4. The molecule has 3 rings (SSSR count). The van der Waals surface area contributed by atoms with Gasteiger partial charge < -0.3 is 10.2 Å². The fourth-order valence-corrected chi connectivity index (χ4v) is 2.65. The fraction of sp³-hybridized carbons (Fsp3) is 0.467. The van der Waals surface area contributed by atoms with Gasteiger partial charge in [-0.15, -0.1) is 0 Å². The van der Waals surface area contributed by atoms with Gasteiger partial charge in [-0.2, -0.15) is 5.10 Å². The highest BCUT2D eigenvalue weighted by molar-refractivity contribution is 6.02. The Morgan fingerprint density at radius 2 is 1.95 bits per heavy atom. The van der Waals surface area contributed by atoms with Crippen molar-refractivity contribution in [2.45, 2.75) is 18.8 Å². The number of carbonyl (C=O) groups excluding carboxylic acids is 1. The number of hydrogen-bond donors (Lipinski definition) is 1. The van der Waals surface area contributed by atoms with Crippen LogP contribution in [-0.4, -0.2) is 50.7 Å². The Morgan fingerprint density at radius 1 is 1.18 bits per heavy atom. The first-order valence-electron chi connectivity index (χ1n) is 7.42. The summed E-state index contributed by atoms with van der Waals surface area (Å²) in [7, 11) is 3.93. The Balaban J connectivity index is 1.64. The van der Waals surface area contributed by atoms with Crippen LogP contribution in [0.2, 0.25) is 0 Å². The molecule has 0 atom stereocenters. The van der Waals surface area contributed by atoms with Crippen LogP contribution >= 0.6 is 0 Å². The number of hydrogen-bond acceptors (Lipinski definition) is 5. The summed E-state index contributed by atoms with van der Waals surface area (Å²) < 4.78 is 1.63. The maximum Gasteiger partial charge on any atom is 0.275 e. The molecule has 0 aromatic carbocycles. The molecule has 0 bridgehead atoms. The number of amides is 1. The van der Waals surface area contributed by atoms with Crippen molar-refractivity contribution < 1.29 is 4.79 Å². The molecule has 0 radical (unpaired) electrons. The Bertz CT molecular complexity index is 642.